The summed E-state index contributed by atoms with van der Waals surface area (Å²) in [6.45, 7) is 4.24. The molecule has 0 aliphatic heterocycles. The smallest absolute Gasteiger partial charge is 0.136 e. The van der Waals surface area contributed by atoms with Crippen LogP contribution in [0.4, 0.5) is 0 Å². The predicted octanol–water partition coefficient (Wildman–Crippen LogP) is 10.6. The third-order valence-electron chi connectivity index (χ3n) is 7.83. The lowest BCUT2D eigenvalue weighted by Crippen LogP contribution is -1.80. The summed E-state index contributed by atoms with van der Waals surface area (Å²) in [5.74, 6) is 0. The fraction of sp³-hybridized carbons (Fsp3) is 0.0556. The molecule has 0 atom stereocenters. The van der Waals surface area contributed by atoms with Crippen LogP contribution >= 0.6 is 0 Å². The minimum Gasteiger partial charge on any atom is -0.456 e. The molecule has 2 aromatic heterocycles. The molecule has 0 amide bonds. The molecule has 0 saturated carbocycles. The van der Waals surface area contributed by atoms with Crippen LogP contribution in [0, 0.1) is 13.8 Å². The number of furan rings is 2. The Labute approximate surface area is 219 Å². The number of hydrogen-bond acceptors (Lipinski definition) is 2. The quantitative estimate of drug-likeness (QED) is 0.242. The second-order valence-corrected chi connectivity index (χ2v) is 10.3. The minimum absolute atomic E-state index is 0.904. The van der Waals surface area contributed by atoms with E-state index in [-0.39, 0.29) is 0 Å². The number of hydrogen-bond donors (Lipinski definition) is 0. The van der Waals surface area contributed by atoms with Crippen LogP contribution in [0.1, 0.15) is 11.1 Å². The Morgan fingerprint density at radius 3 is 1.13 bits per heavy atom. The van der Waals surface area contributed by atoms with Crippen LogP contribution in [0.2, 0.25) is 0 Å². The summed E-state index contributed by atoms with van der Waals surface area (Å²) in [7, 11) is 0. The lowest BCUT2D eigenvalue weighted by Gasteiger charge is -2.05. The average molecular weight is 489 g/mol. The summed E-state index contributed by atoms with van der Waals surface area (Å²) in [5, 5.41) is 6.93. The van der Waals surface area contributed by atoms with Gasteiger partial charge in [-0.15, -0.1) is 0 Å². The third-order valence-corrected chi connectivity index (χ3v) is 7.83. The van der Waals surface area contributed by atoms with E-state index in [9.17, 15) is 0 Å². The molecule has 8 aromatic rings. The van der Waals surface area contributed by atoms with Gasteiger partial charge in [-0.1, -0.05) is 71.8 Å². The molecule has 2 nitrogen and oxygen atoms in total. The standard InChI is InChI=1S/C36H24O2/c1-21-3-7-23(8-4-21)25-11-15-31-29(19-25)35-27-13-18-34-36(28(27)14-17-33(35)37-31)30-20-26(12-16-32(30)38-34)24-9-5-22(2)6-10-24/h3-20H,1-2H3. The second-order valence-electron chi connectivity index (χ2n) is 10.3. The van der Waals surface area contributed by atoms with E-state index in [1.54, 1.807) is 0 Å². The normalized spacial score (nSPS) is 11.9. The van der Waals surface area contributed by atoms with Crippen molar-refractivity contribution < 1.29 is 8.83 Å². The molecule has 2 heteroatoms. The Morgan fingerprint density at radius 2 is 0.711 bits per heavy atom. The van der Waals surface area contributed by atoms with E-state index in [1.165, 1.54) is 44.2 Å². The van der Waals surface area contributed by atoms with Crippen molar-refractivity contribution in [2.24, 2.45) is 0 Å². The van der Waals surface area contributed by atoms with Gasteiger partial charge in [-0.3, -0.25) is 0 Å². The molecule has 0 bridgehead atoms. The first-order valence-corrected chi connectivity index (χ1v) is 13.0. The molecule has 180 valence electrons. The molecule has 0 unspecified atom stereocenters. The monoisotopic (exact) mass is 488 g/mol. The summed E-state index contributed by atoms with van der Waals surface area (Å²) in [6.07, 6.45) is 0. The fourth-order valence-electron chi connectivity index (χ4n) is 5.81. The first-order chi connectivity index (χ1) is 18.6. The van der Waals surface area contributed by atoms with Crippen LogP contribution in [0.5, 0.6) is 0 Å². The summed E-state index contributed by atoms with van der Waals surface area (Å²) in [4.78, 5) is 0. The molecule has 2 heterocycles. The summed E-state index contributed by atoms with van der Waals surface area (Å²) < 4.78 is 12.6. The molecule has 8 rings (SSSR count). The molecule has 0 spiro atoms. The lowest BCUT2D eigenvalue weighted by atomic mass is 9.96. The molecule has 38 heavy (non-hydrogen) atoms. The zero-order chi connectivity index (χ0) is 25.4. The van der Waals surface area contributed by atoms with Crippen molar-refractivity contribution in [3.8, 4) is 22.3 Å². The molecule has 0 radical (unpaired) electrons. The van der Waals surface area contributed by atoms with Crippen molar-refractivity contribution in [2.45, 2.75) is 13.8 Å². The van der Waals surface area contributed by atoms with Gasteiger partial charge in [-0.2, -0.15) is 0 Å². The maximum Gasteiger partial charge on any atom is 0.136 e. The first-order valence-electron chi connectivity index (χ1n) is 13.0. The highest BCUT2D eigenvalue weighted by atomic mass is 16.3. The molecule has 0 N–H and O–H groups in total. The van der Waals surface area contributed by atoms with Gasteiger partial charge < -0.3 is 8.83 Å². The van der Waals surface area contributed by atoms with E-state index in [4.69, 9.17) is 8.83 Å². The topological polar surface area (TPSA) is 26.3 Å². The first kappa shape index (κ1) is 21.3. The van der Waals surface area contributed by atoms with Gasteiger partial charge in [-0.25, -0.2) is 0 Å². The van der Waals surface area contributed by atoms with E-state index < -0.39 is 0 Å². The largest absolute Gasteiger partial charge is 0.456 e. The molecule has 0 aliphatic carbocycles. The van der Waals surface area contributed by atoms with Crippen molar-refractivity contribution in [1.82, 2.24) is 0 Å². The van der Waals surface area contributed by atoms with Gasteiger partial charge in [0.05, 0.1) is 0 Å². The lowest BCUT2D eigenvalue weighted by molar-refractivity contribution is 0.668. The average Bonchev–Trinajstić information content (AvgIpc) is 3.51. The number of rotatable bonds is 2. The van der Waals surface area contributed by atoms with E-state index in [0.717, 1.165) is 43.9 Å². The summed E-state index contributed by atoms with van der Waals surface area (Å²) >= 11 is 0. The highest BCUT2D eigenvalue weighted by Crippen LogP contribution is 2.42. The van der Waals surface area contributed by atoms with Crippen LogP contribution in [-0.2, 0) is 0 Å². The van der Waals surface area contributed by atoms with Crippen molar-refractivity contribution in [1.29, 1.82) is 0 Å². The SMILES string of the molecule is Cc1ccc(-c2ccc3oc4ccc5c(ccc6oc7ccc(-c8ccc(C)cc8)cc7c65)c4c3c2)cc1. The van der Waals surface area contributed by atoms with Crippen molar-refractivity contribution in [3.05, 3.63) is 120 Å². The van der Waals surface area contributed by atoms with Gasteiger partial charge in [-0.05, 0) is 95.4 Å². The van der Waals surface area contributed by atoms with Gasteiger partial charge >= 0.3 is 0 Å². The van der Waals surface area contributed by atoms with Crippen LogP contribution < -0.4 is 0 Å². The Kier molecular flexibility index (Phi) is 4.39. The maximum atomic E-state index is 6.31. The molecule has 0 fully saturated rings. The summed E-state index contributed by atoms with van der Waals surface area (Å²) in [6, 6.07) is 38.9. The minimum atomic E-state index is 0.904. The number of aryl methyl sites for hydroxylation is 2. The predicted molar refractivity (Wildman–Crippen MR) is 159 cm³/mol. The Bertz CT molecular complexity index is 2010. The zero-order valence-electron chi connectivity index (χ0n) is 21.2. The molecular formula is C36H24O2. The van der Waals surface area contributed by atoms with Crippen LogP contribution in [-0.4, -0.2) is 0 Å². The van der Waals surface area contributed by atoms with Crippen LogP contribution in [0.25, 0.3) is 76.9 Å². The van der Waals surface area contributed by atoms with Gasteiger partial charge in [0, 0.05) is 21.5 Å². The van der Waals surface area contributed by atoms with E-state index in [2.05, 4.69) is 123 Å². The van der Waals surface area contributed by atoms with Gasteiger partial charge in [0.15, 0.2) is 0 Å². The van der Waals surface area contributed by atoms with Gasteiger partial charge in [0.2, 0.25) is 0 Å². The van der Waals surface area contributed by atoms with Crippen LogP contribution in [0.3, 0.4) is 0 Å². The molecule has 0 saturated heterocycles. The zero-order valence-corrected chi connectivity index (χ0v) is 21.2. The number of benzene rings is 6. The Balaban J connectivity index is 1.41. The van der Waals surface area contributed by atoms with E-state index in [0.29, 0.717) is 0 Å². The fourth-order valence-corrected chi connectivity index (χ4v) is 5.81. The van der Waals surface area contributed by atoms with Gasteiger partial charge in [0.1, 0.15) is 22.3 Å². The van der Waals surface area contributed by atoms with E-state index in [1.807, 2.05) is 0 Å². The maximum absolute atomic E-state index is 6.31. The summed E-state index contributed by atoms with van der Waals surface area (Å²) in [5.41, 5.74) is 10.9. The highest BCUT2D eigenvalue weighted by molar-refractivity contribution is 6.27. The van der Waals surface area contributed by atoms with Crippen LogP contribution in [0.15, 0.2) is 118 Å². The Hall–Kier alpha value is -4.82. The number of fused-ring (bicyclic) bond motifs is 9. The van der Waals surface area contributed by atoms with Gasteiger partial charge in [0.25, 0.3) is 0 Å². The molecule has 0 aliphatic rings. The highest BCUT2D eigenvalue weighted by Gasteiger charge is 2.17. The molecule has 6 aromatic carbocycles. The van der Waals surface area contributed by atoms with Crippen molar-refractivity contribution in [2.75, 3.05) is 0 Å². The van der Waals surface area contributed by atoms with Crippen molar-refractivity contribution in [3.63, 3.8) is 0 Å². The molecular weight excluding hydrogens is 464 g/mol. The second kappa shape index (κ2) is 7.84. The van der Waals surface area contributed by atoms with E-state index >= 15 is 0 Å². The third kappa shape index (κ3) is 3.13. The van der Waals surface area contributed by atoms with Crippen molar-refractivity contribution >= 4 is 54.6 Å². The Morgan fingerprint density at radius 1 is 0.342 bits per heavy atom.